The number of fused-ring (bicyclic) bond motifs is 1. The quantitative estimate of drug-likeness (QED) is 0.737. The van der Waals surface area contributed by atoms with Gasteiger partial charge in [-0.2, -0.15) is 5.26 Å². The van der Waals surface area contributed by atoms with Gasteiger partial charge in [0, 0.05) is 11.9 Å². The third-order valence-corrected chi connectivity index (χ3v) is 3.54. The first-order valence-corrected chi connectivity index (χ1v) is 6.75. The van der Waals surface area contributed by atoms with Crippen molar-refractivity contribution >= 4 is 5.65 Å². The Morgan fingerprint density at radius 2 is 2.10 bits per heavy atom. The van der Waals surface area contributed by atoms with Crippen molar-refractivity contribution in [2.45, 2.75) is 20.5 Å². The molecule has 21 heavy (non-hydrogen) atoms. The number of benzene rings is 1. The number of nitrogens with zero attached hydrogens (tertiary/aromatic N) is 3. The molecule has 3 aromatic rings. The first-order chi connectivity index (χ1) is 10.2. The maximum atomic E-state index is 8.92. The lowest BCUT2D eigenvalue weighted by Gasteiger charge is -2.08. The Labute approximate surface area is 123 Å². The summed E-state index contributed by atoms with van der Waals surface area (Å²) in [5.41, 5.74) is 4.54. The second kappa shape index (κ2) is 5.29. The molecule has 0 aliphatic heterocycles. The lowest BCUT2D eigenvalue weighted by Crippen LogP contribution is -1.98. The predicted molar refractivity (Wildman–Crippen MR) is 80.2 cm³/mol. The summed E-state index contributed by atoms with van der Waals surface area (Å²) in [7, 11) is 0. The lowest BCUT2D eigenvalue weighted by atomic mass is 10.1. The number of aryl methyl sites for hydroxylation is 2. The van der Waals surface area contributed by atoms with E-state index in [-0.39, 0.29) is 0 Å². The zero-order chi connectivity index (χ0) is 14.8. The van der Waals surface area contributed by atoms with Gasteiger partial charge >= 0.3 is 0 Å². The fraction of sp³-hybridized carbons (Fsp3) is 0.176. The van der Waals surface area contributed by atoms with Crippen molar-refractivity contribution in [1.82, 2.24) is 9.38 Å². The van der Waals surface area contributed by atoms with Crippen LogP contribution in [0.5, 0.6) is 5.75 Å². The van der Waals surface area contributed by atoms with Crippen LogP contribution in [-0.2, 0) is 6.61 Å². The number of nitriles is 1. The Balaban J connectivity index is 1.88. The molecule has 0 aliphatic rings. The van der Waals surface area contributed by atoms with Crippen LogP contribution < -0.4 is 4.74 Å². The fourth-order valence-corrected chi connectivity index (χ4v) is 2.28. The molecule has 0 aliphatic carbocycles. The summed E-state index contributed by atoms with van der Waals surface area (Å²) >= 11 is 0. The Hall–Kier alpha value is -2.80. The Morgan fingerprint density at radius 1 is 1.24 bits per heavy atom. The largest absolute Gasteiger partial charge is 0.485 e. The highest BCUT2D eigenvalue weighted by molar-refractivity contribution is 5.56. The van der Waals surface area contributed by atoms with Crippen molar-refractivity contribution in [1.29, 1.82) is 5.26 Å². The highest BCUT2D eigenvalue weighted by Crippen LogP contribution is 2.22. The Morgan fingerprint density at radius 3 is 2.90 bits per heavy atom. The van der Waals surface area contributed by atoms with Crippen LogP contribution in [0.3, 0.4) is 0 Å². The van der Waals surface area contributed by atoms with Crippen molar-refractivity contribution in [2.24, 2.45) is 0 Å². The molecule has 3 rings (SSSR count). The number of rotatable bonds is 3. The third kappa shape index (κ3) is 2.46. The molecule has 4 heteroatoms. The second-order valence-corrected chi connectivity index (χ2v) is 4.95. The SMILES string of the molecule is Cc1nc2c(OCc3cccc(C#N)c3)cccn2c1C. The van der Waals surface area contributed by atoms with Crippen LogP contribution in [0, 0.1) is 25.2 Å². The van der Waals surface area contributed by atoms with E-state index >= 15 is 0 Å². The summed E-state index contributed by atoms with van der Waals surface area (Å²) in [4.78, 5) is 4.54. The van der Waals surface area contributed by atoms with Crippen LogP contribution >= 0.6 is 0 Å². The molecule has 0 saturated carbocycles. The molecule has 0 atom stereocenters. The molecule has 0 fully saturated rings. The minimum Gasteiger partial charge on any atom is -0.485 e. The molecular weight excluding hydrogens is 262 g/mol. The summed E-state index contributed by atoms with van der Waals surface area (Å²) in [6.45, 7) is 4.44. The maximum Gasteiger partial charge on any atom is 0.180 e. The molecule has 0 radical (unpaired) electrons. The molecule has 0 N–H and O–H groups in total. The molecule has 0 unspecified atom stereocenters. The van der Waals surface area contributed by atoms with E-state index in [0.29, 0.717) is 12.2 Å². The number of aromatic nitrogens is 2. The molecule has 0 saturated heterocycles. The number of hydrogen-bond acceptors (Lipinski definition) is 3. The van der Waals surface area contributed by atoms with Gasteiger partial charge in [0.2, 0.25) is 0 Å². The molecule has 2 heterocycles. The van der Waals surface area contributed by atoms with E-state index in [1.807, 2.05) is 54.8 Å². The average molecular weight is 277 g/mol. The topological polar surface area (TPSA) is 50.3 Å². The summed E-state index contributed by atoms with van der Waals surface area (Å²) in [5.74, 6) is 0.746. The van der Waals surface area contributed by atoms with Crippen LogP contribution in [0.2, 0.25) is 0 Å². The van der Waals surface area contributed by atoms with Gasteiger partial charge in [0.15, 0.2) is 11.4 Å². The number of ether oxygens (including phenoxy) is 1. The molecule has 1 aromatic carbocycles. The summed E-state index contributed by atoms with van der Waals surface area (Å²) in [6.07, 6.45) is 1.98. The molecule has 0 bridgehead atoms. The number of hydrogen-bond donors (Lipinski definition) is 0. The molecule has 104 valence electrons. The van der Waals surface area contributed by atoms with Gasteiger partial charge in [0.1, 0.15) is 6.61 Å². The predicted octanol–water partition coefficient (Wildman–Crippen LogP) is 3.40. The van der Waals surface area contributed by atoms with Crippen LogP contribution in [-0.4, -0.2) is 9.38 Å². The molecule has 0 spiro atoms. The average Bonchev–Trinajstić information content (AvgIpc) is 2.81. The first kappa shape index (κ1) is 13.2. The highest BCUT2D eigenvalue weighted by atomic mass is 16.5. The van der Waals surface area contributed by atoms with Crippen LogP contribution in [0.4, 0.5) is 0 Å². The van der Waals surface area contributed by atoms with Gasteiger partial charge in [-0.15, -0.1) is 0 Å². The van der Waals surface area contributed by atoms with E-state index in [1.54, 1.807) is 6.07 Å². The van der Waals surface area contributed by atoms with Gasteiger partial charge in [-0.05, 0) is 43.7 Å². The summed E-state index contributed by atoms with van der Waals surface area (Å²) in [5, 5.41) is 8.92. The van der Waals surface area contributed by atoms with Crippen LogP contribution in [0.25, 0.3) is 5.65 Å². The van der Waals surface area contributed by atoms with Crippen molar-refractivity contribution < 1.29 is 4.74 Å². The Kier molecular flexibility index (Phi) is 3.33. The van der Waals surface area contributed by atoms with E-state index in [4.69, 9.17) is 10.00 Å². The maximum absolute atomic E-state index is 8.92. The molecule has 0 amide bonds. The summed E-state index contributed by atoms with van der Waals surface area (Å²) < 4.78 is 7.90. The monoisotopic (exact) mass is 277 g/mol. The lowest BCUT2D eigenvalue weighted by molar-refractivity contribution is 0.308. The standard InChI is InChI=1S/C17H15N3O/c1-12-13(2)20-8-4-7-16(17(20)19-12)21-11-15-6-3-5-14(9-15)10-18/h3-9H,11H2,1-2H3. The van der Waals surface area contributed by atoms with Crippen molar-refractivity contribution in [3.8, 4) is 11.8 Å². The van der Waals surface area contributed by atoms with Crippen molar-refractivity contribution in [2.75, 3.05) is 0 Å². The number of pyridine rings is 1. The van der Waals surface area contributed by atoms with E-state index in [9.17, 15) is 0 Å². The molecular formula is C17H15N3O. The van der Waals surface area contributed by atoms with E-state index in [2.05, 4.69) is 11.1 Å². The second-order valence-electron chi connectivity index (χ2n) is 4.95. The minimum atomic E-state index is 0.417. The molecule has 2 aromatic heterocycles. The smallest absolute Gasteiger partial charge is 0.180 e. The van der Waals surface area contributed by atoms with Crippen molar-refractivity contribution in [3.63, 3.8) is 0 Å². The zero-order valence-electron chi connectivity index (χ0n) is 12.0. The van der Waals surface area contributed by atoms with Gasteiger partial charge < -0.3 is 9.14 Å². The van der Waals surface area contributed by atoms with Gasteiger partial charge in [0.05, 0.1) is 17.3 Å². The zero-order valence-corrected chi connectivity index (χ0v) is 12.0. The third-order valence-electron chi connectivity index (χ3n) is 3.54. The van der Waals surface area contributed by atoms with Crippen molar-refractivity contribution in [3.05, 3.63) is 65.1 Å². The van der Waals surface area contributed by atoms with E-state index in [1.165, 1.54) is 0 Å². The van der Waals surface area contributed by atoms with E-state index < -0.39 is 0 Å². The Bertz CT molecular complexity index is 843. The fourth-order valence-electron chi connectivity index (χ4n) is 2.28. The van der Waals surface area contributed by atoms with Crippen LogP contribution in [0.15, 0.2) is 42.6 Å². The summed E-state index contributed by atoms with van der Waals surface area (Å²) in [6, 6.07) is 13.4. The minimum absolute atomic E-state index is 0.417. The molecule has 4 nitrogen and oxygen atoms in total. The van der Waals surface area contributed by atoms with Gasteiger partial charge in [0.25, 0.3) is 0 Å². The van der Waals surface area contributed by atoms with Gasteiger partial charge in [-0.3, -0.25) is 0 Å². The van der Waals surface area contributed by atoms with E-state index in [0.717, 1.165) is 28.3 Å². The first-order valence-electron chi connectivity index (χ1n) is 6.75. The normalized spacial score (nSPS) is 10.5. The highest BCUT2D eigenvalue weighted by Gasteiger charge is 2.09. The van der Waals surface area contributed by atoms with Gasteiger partial charge in [-0.25, -0.2) is 4.98 Å². The van der Waals surface area contributed by atoms with Crippen LogP contribution in [0.1, 0.15) is 22.5 Å². The van der Waals surface area contributed by atoms with Gasteiger partial charge in [-0.1, -0.05) is 12.1 Å². The number of imidazole rings is 1.